The molecule has 0 saturated carbocycles. The van der Waals surface area contributed by atoms with E-state index in [1.54, 1.807) is 6.07 Å². The number of amides is 1. The van der Waals surface area contributed by atoms with Gasteiger partial charge in [-0.25, -0.2) is 0 Å². The van der Waals surface area contributed by atoms with E-state index in [9.17, 15) is 9.90 Å². The van der Waals surface area contributed by atoms with E-state index in [4.69, 9.17) is 4.74 Å². The second-order valence-electron chi connectivity index (χ2n) is 3.18. The zero-order chi connectivity index (χ0) is 10.1. The van der Waals surface area contributed by atoms with Crippen molar-refractivity contribution in [3.63, 3.8) is 0 Å². The first kappa shape index (κ1) is 8.87. The minimum Gasteiger partial charge on any atom is -0.508 e. The van der Waals surface area contributed by atoms with Crippen molar-refractivity contribution in [1.29, 1.82) is 0 Å². The van der Waals surface area contributed by atoms with Crippen molar-refractivity contribution >= 4 is 11.6 Å². The van der Waals surface area contributed by atoms with Crippen molar-refractivity contribution in [2.75, 3.05) is 5.32 Å². The second-order valence-corrected chi connectivity index (χ2v) is 3.18. The van der Waals surface area contributed by atoms with Gasteiger partial charge in [-0.15, -0.1) is 0 Å². The fraction of sp³-hybridized carbons (Fsp3) is 0.300. The lowest BCUT2D eigenvalue weighted by Gasteiger charge is -2.24. The van der Waals surface area contributed by atoms with Crippen molar-refractivity contribution in [3.05, 3.63) is 18.2 Å². The fourth-order valence-corrected chi connectivity index (χ4v) is 1.41. The van der Waals surface area contributed by atoms with E-state index in [0.29, 0.717) is 17.9 Å². The number of benzene rings is 1. The lowest BCUT2D eigenvalue weighted by molar-refractivity contribution is -0.123. The van der Waals surface area contributed by atoms with Gasteiger partial charge in [0.05, 0.1) is 5.69 Å². The first-order valence-corrected chi connectivity index (χ1v) is 4.51. The van der Waals surface area contributed by atoms with E-state index in [1.165, 1.54) is 12.1 Å². The van der Waals surface area contributed by atoms with E-state index < -0.39 is 6.10 Å². The largest absolute Gasteiger partial charge is 0.508 e. The summed E-state index contributed by atoms with van der Waals surface area (Å²) in [5.74, 6) is 0.558. The average molecular weight is 193 g/mol. The quantitative estimate of drug-likeness (QED) is 0.710. The van der Waals surface area contributed by atoms with E-state index >= 15 is 0 Å². The van der Waals surface area contributed by atoms with Gasteiger partial charge in [-0.2, -0.15) is 0 Å². The molecule has 0 aromatic heterocycles. The standard InChI is InChI=1S/C10H11NO3/c1-2-8-10(13)11-7-5-6(12)3-4-9(7)14-8/h3-5,8,12H,2H2,1H3,(H,11,13)/t8-/m0/s1. The Bertz CT molecular complexity index is 376. The SMILES string of the molecule is CC[C@@H]1Oc2ccc(O)cc2NC1=O. The van der Waals surface area contributed by atoms with Gasteiger partial charge in [0.2, 0.25) is 0 Å². The number of hydrogen-bond donors (Lipinski definition) is 2. The molecule has 1 aliphatic rings. The molecular weight excluding hydrogens is 182 g/mol. The number of ether oxygens (including phenoxy) is 1. The van der Waals surface area contributed by atoms with E-state index in [2.05, 4.69) is 5.32 Å². The minimum absolute atomic E-state index is 0.114. The van der Waals surface area contributed by atoms with Crippen molar-refractivity contribution in [2.24, 2.45) is 0 Å². The van der Waals surface area contributed by atoms with Gasteiger partial charge in [0, 0.05) is 6.07 Å². The Hall–Kier alpha value is -1.71. The molecular formula is C10H11NO3. The summed E-state index contributed by atoms with van der Waals surface area (Å²) in [6, 6.07) is 4.65. The molecule has 0 unspecified atom stereocenters. The minimum atomic E-state index is -0.424. The molecule has 2 rings (SSSR count). The summed E-state index contributed by atoms with van der Waals surface area (Å²) in [6.07, 6.45) is 0.207. The van der Waals surface area contributed by atoms with Crippen LogP contribution in [0.15, 0.2) is 18.2 Å². The number of fused-ring (bicyclic) bond motifs is 1. The van der Waals surface area contributed by atoms with Crippen molar-refractivity contribution in [2.45, 2.75) is 19.4 Å². The van der Waals surface area contributed by atoms with E-state index in [0.717, 1.165) is 0 Å². The Morgan fingerprint density at radius 3 is 3.07 bits per heavy atom. The van der Waals surface area contributed by atoms with Crippen LogP contribution in [0.25, 0.3) is 0 Å². The van der Waals surface area contributed by atoms with Crippen LogP contribution in [0, 0.1) is 0 Å². The van der Waals surface area contributed by atoms with Gasteiger partial charge < -0.3 is 15.2 Å². The molecule has 0 aliphatic carbocycles. The maximum Gasteiger partial charge on any atom is 0.265 e. The number of phenols is 1. The lowest BCUT2D eigenvalue weighted by atomic mass is 10.2. The number of phenolic OH excluding ortho intramolecular Hbond substituents is 1. The molecule has 0 radical (unpaired) electrons. The molecule has 1 aliphatic heterocycles. The fourth-order valence-electron chi connectivity index (χ4n) is 1.41. The smallest absolute Gasteiger partial charge is 0.265 e. The number of nitrogens with one attached hydrogen (secondary N) is 1. The highest BCUT2D eigenvalue weighted by Gasteiger charge is 2.25. The van der Waals surface area contributed by atoms with E-state index in [1.807, 2.05) is 6.92 Å². The Balaban J connectivity index is 2.35. The third-order valence-electron chi connectivity index (χ3n) is 2.15. The molecule has 2 N–H and O–H groups in total. The Labute approximate surface area is 81.5 Å². The van der Waals surface area contributed by atoms with Crippen molar-refractivity contribution in [1.82, 2.24) is 0 Å². The highest BCUT2D eigenvalue weighted by atomic mass is 16.5. The zero-order valence-electron chi connectivity index (χ0n) is 7.78. The summed E-state index contributed by atoms with van der Waals surface area (Å²) in [7, 11) is 0. The average Bonchev–Trinajstić information content (AvgIpc) is 2.16. The molecule has 1 atom stereocenters. The lowest BCUT2D eigenvalue weighted by Crippen LogP contribution is -2.36. The van der Waals surface area contributed by atoms with Gasteiger partial charge in [-0.1, -0.05) is 6.92 Å². The van der Waals surface area contributed by atoms with Gasteiger partial charge in [-0.05, 0) is 18.6 Å². The highest BCUT2D eigenvalue weighted by Crippen LogP contribution is 2.32. The summed E-state index contributed by atoms with van der Waals surface area (Å²) >= 11 is 0. The van der Waals surface area contributed by atoms with Crippen molar-refractivity contribution < 1.29 is 14.6 Å². The molecule has 1 aromatic carbocycles. The van der Waals surface area contributed by atoms with Crippen molar-refractivity contribution in [3.8, 4) is 11.5 Å². The number of carbonyl (C=O) groups is 1. The van der Waals surface area contributed by atoms with Gasteiger partial charge in [0.15, 0.2) is 6.10 Å². The molecule has 0 spiro atoms. The van der Waals surface area contributed by atoms with E-state index in [-0.39, 0.29) is 11.7 Å². The van der Waals surface area contributed by atoms with Crippen LogP contribution in [0.5, 0.6) is 11.5 Å². The molecule has 4 nitrogen and oxygen atoms in total. The summed E-state index contributed by atoms with van der Waals surface area (Å²) < 4.78 is 5.43. The van der Waals surface area contributed by atoms with Crippen LogP contribution in [0.4, 0.5) is 5.69 Å². The first-order chi connectivity index (χ1) is 6.70. The topological polar surface area (TPSA) is 58.6 Å². The predicted octanol–water partition coefficient (Wildman–Crippen LogP) is 1.50. The molecule has 1 heterocycles. The monoisotopic (exact) mass is 193 g/mol. The summed E-state index contributed by atoms with van der Waals surface area (Å²) in [5.41, 5.74) is 0.528. The zero-order valence-corrected chi connectivity index (χ0v) is 7.78. The molecule has 74 valence electrons. The molecule has 1 amide bonds. The van der Waals surface area contributed by atoms with Crippen LogP contribution >= 0.6 is 0 Å². The summed E-state index contributed by atoms with van der Waals surface area (Å²) in [6.45, 7) is 1.88. The second kappa shape index (κ2) is 3.21. The molecule has 1 aromatic rings. The molecule has 0 saturated heterocycles. The van der Waals surface area contributed by atoms with Crippen LogP contribution in [-0.2, 0) is 4.79 Å². The van der Waals surface area contributed by atoms with Gasteiger partial charge in [0.1, 0.15) is 11.5 Å². The van der Waals surface area contributed by atoms with Crippen LogP contribution < -0.4 is 10.1 Å². The van der Waals surface area contributed by atoms with Gasteiger partial charge in [-0.3, -0.25) is 4.79 Å². The van der Waals surface area contributed by atoms with Crippen LogP contribution in [-0.4, -0.2) is 17.1 Å². The molecule has 0 fully saturated rings. The molecule has 14 heavy (non-hydrogen) atoms. The summed E-state index contributed by atoms with van der Waals surface area (Å²) in [5, 5.41) is 11.9. The third kappa shape index (κ3) is 1.39. The molecule has 0 bridgehead atoms. The van der Waals surface area contributed by atoms with Crippen LogP contribution in [0.1, 0.15) is 13.3 Å². The first-order valence-electron chi connectivity index (χ1n) is 4.51. The molecule has 4 heteroatoms. The number of hydrogen-bond acceptors (Lipinski definition) is 3. The van der Waals surface area contributed by atoms with Crippen LogP contribution in [0.3, 0.4) is 0 Å². The van der Waals surface area contributed by atoms with Crippen LogP contribution in [0.2, 0.25) is 0 Å². The normalized spacial score (nSPS) is 19.5. The maximum atomic E-state index is 11.4. The maximum absolute atomic E-state index is 11.4. The number of anilines is 1. The number of aromatic hydroxyl groups is 1. The summed E-state index contributed by atoms with van der Waals surface area (Å²) in [4.78, 5) is 11.4. The highest BCUT2D eigenvalue weighted by molar-refractivity contribution is 5.97. The van der Waals surface area contributed by atoms with Gasteiger partial charge >= 0.3 is 0 Å². The predicted molar refractivity (Wildman–Crippen MR) is 51.4 cm³/mol. The Morgan fingerprint density at radius 2 is 2.36 bits per heavy atom. The van der Waals surface area contributed by atoms with Gasteiger partial charge in [0.25, 0.3) is 5.91 Å². The Morgan fingerprint density at radius 1 is 1.57 bits per heavy atom. The third-order valence-corrected chi connectivity index (χ3v) is 2.15. The Kier molecular flexibility index (Phi) is 2.04. The number of carbonyl (C=O) groups excluding carboxylic acids is 1. The number of rotatable bonds is 1.